The Labute approximate surface area is 166 Å². The van der Waals surface area contributed by atoms with Crippen molar-refractivity contribution in [3.63, 3.8) is 0 Å². The second kappa shape index (κ2) is 8.56. The minimum absolute atomic E-state index is 0.00836. The molecule has 0 spiro atoms. The summed E-state index contributed by atoms with van der Waals surface area (Å²) in [7, 11) is -3.57. The van der Waals surface area contributed by atoms with Gasteiger partial charge in [0.05, 0.1) is 27.5 Å². The van der Waals surface area contributed by atoms with Gasteiger partial charge >= 0.3 is 0 Å². The van der Waals surface area contributed by atoms with E-state index in [2.05, 4.69) is 10.6 Å². The highest BCUT2D eigenvalue weighted by molar-refractivity contribution is 7.91. The molecule has 2 aromatic rings. The van der Waals surface area contributed by atoms with Crippen molar-refractivity contribution in [3.05, 3.63) is 59.7 Å². The number of carbonyl (C=O) groups excluding carboxylic acids is 2. The van der Waals surface area contributed by atoms with Gasteiger partial charge in [-0.3, -0.25) is 9.59 Å². The van der Waals surface area contributed by atoms with Crippen LogP contribution in [0.3, 0.4) is 0 Å². The lowest BCUT2D eigenvalue weighted by Gasteiger charge is -2.21. The Hall–Kier alpha value is -2.67. The van der Waals surface area contributed by atoms with Crippen LogP contribution < -0.4 is 10.6 Å². The third-order valence-corrected chi connectivity index (χ3v) is 5.82. The van der Waals surface area contributed by atoms with E-state index < -0.39 is 21.3 Å². The fourth-order valence-corrected chi connectivity index (χ4v) is 4.23. The van der Waals surface area contributed by atoms with Gasteiger partial charge in [0.25, 0.3) is 11.8 Å². The van der Waals surface area contributed by atoms with Crippen molar-refractivity contribution in [2.75, 3.05) is 11.1 Å². The van der Waals surface area contributed by atoms with Crippen molar-refractivity contribution in [1.82, 2.24) is 5.32 Å². The Morgan fingerprint density at radius 2 is 1.46 bits per heavy atom. The van der Waals surface area contributed by atoms with Crippen molar-refractivity contribution in [2.45, 2.75) is 44.6 Å². The molecule has 0 radical (unpaired) electrons. The number of benzene rings is 2. The molecule has 0 atom stereocenters. The maximum Gasteiger partial charge on any atom is 0.257 e. The normalized spacial score (nSPS) is 11.7. The van der Waals surface area contributed by atoms with E-state index in [9.17, 15) is 18.0 Å². The molecule has 2 N–H and O–H groups in total. The first-order chi connectivity index (χ1) is 13.0. The van der Waals surface area contributed by atoms with Crippen molar-refractivity contribution in [1.29, 1.82) is 0 Å². The van der Waals surface area contributed by atoms with Gasteiger partial charge in [-0.1, -0.05) is 31.2 Å². The van der Waals surface area contributed by atoms with Gasteiger partial charge in [0.2, 0.25) is 0 Å². The highest BCUT2D eigenvalue weighted by Crippen LogP contribution is 2.21. The second-order valence-electron chi connectivity index (χ2n) is 7.52. The minimum atomic E-state index is -3.57. The minimum Gasteiger partial charge on any atom is -0.347 e. The van der Waals surface area contributed by atoms with Crippen LogP contribution in [0.15, 0.2) is 53.4 Å². The van der Waals surface area contributed by atoms with Gasteiger partial charge in [-0.2, -0.15) is 0 Å². The zero-order valence-electron chi connectivity index (χ0n) is 16.6. The third-order valence-electron chi connectivity index (χ3n) is 3.85. The van der Waals surface area contributed by atoms with Crippen LogP contribution in [0.2, 0.25) is 0 Å². The molecule has 0 aliphatic heterocycles. The molecule has 0 fully saturated rings. The molecule has 2 amide bonds. The Kier molecular flexibility index (Phi) is 6.61. The van der Waals surface area contributed by atoms with Crippen molar-refractivity contribution < 1.29 is 18.0 Å². The summed E-state index contributed by atoms with van der Waals surface area (Å²) in [6.45, 7) is 7.35. The van der Waals surface area contributed by atoms with Gasteiger partial charge < -0.3 is 10.6 Å². The maximum atomic E-state index is 12.8. The number of sulfone groups is 1. The fourth-order valence-electron chi connectivity index (χ4n) is 2.69. The van der Waals surface area contributed by atoms with Gasteiger partial charge in [-0.25, -0.2) is 8.42 Å². The van der Waals surface area contributed by atoms with Crippen molar-refractivity contribution >= 4 is 27.3 Å². The summed E-state index contributed by atoms with van der Waals surface area (Å²) in [6, 6.07) is 12.7. The lowest BCUT2D eigenvalue weighted by Crippen LogP contribution is -2.40. The molecular weight excluding hydrogens is 376 g/mol. The summed E-state index contributed by atoms with van der Waals surface area (Å²) in [6.07, 6.45) is 0.452. The van der Waals surface area contributed by atoms with Crippen molar-refractivity contribution in [2.24, 2.45) is 0 Å². The number of para-hydroxylation sites is 1. The zero-order valence-corrected chi connectivity index (χ0v) is 17.4. The van der Waals surface area contributed by atoms with E-state index in [-0.39, 0.29) is 22.1 Å². The number of nitrogens with one attached hydrogen (secondary N) is 2. The van der Waals surface area contributed by atoms with Gasteiger partial charge in [0.15, 0.2) is 9.84 Å². The van der Waals surface area contributed by atoms with Crippen LogP contribution in [0, 0.1) is 0 Å². The summed E-state index contributed by atoms with van der Waals surface area (Å²) in [5.74, 6) is -0.941. The zero-order chi connectivity index (χ0) is 20.9. The van der Waals surface area contributed by atoms with Gasteiger partial charge in [-0.15, -0.1) is 0 Å². The summed E-state index contributed by atoms with van der Waals surface area (Å²) < 4.78 is 25.0. The smallest absolute Gasteiger partial charge is 0.257 e. The first kappa shape index (κ1) is 21.6. The van der Waals surface area contributed by atoms with E-state index in [0.29, 0.717) is 17.7 Å². The Balaban J connectivity index is 2.37. The number of anilines is 1. The van der Waals surface area contributed by atoms with Crippen LogP contribution in [0.5, 0.6) is 0 Å². The predicted molar refractivity (Wildman–Crippen MR) is 110 cm³/mol. The molecule has 2 rings (SSSR count). The van der Waals surface area contributed by atoms with Gasteiger partial charge in [-0.05, 0) is 51.5 Å². The summed E-state index contributed by atoms with van der Waals surface area (Å²) in [5, 5.41) is 5.54. The van der Waals surface area contributed by atoms with Crippen LogP contribution in [0.1, 0.15) is 54.8 Å². The molecule has 2 aromatic carbocycles. The lowest BCUT2D eigenvalue weighted by atomic mass is 10.1. The number of amides is 2. The molecule has 0 aliphatic rings. The Morgan fingerprint density at radius 3 is 2.07 bits per heavy atom. The van der Waals surface area contributed by atoms with Crippen molar-refractivity contribution in [3.8, 4) is 0 Å². The molecule has 0 unspecified atom stereocenters. The third kappa shape index (κ3) is 5.42. The summed E-state index contributed by atoms with van der Waals surface area (Å²) >= 11 is 0. The number of carbonyl (C=O) groups is 2. The largest absolute Gasteiger partial charge is 0.347 e. The van der Waals surface area contributed by atoms with Crippen LogP contribution in [-0.4, -0.2) is 31.5 Å². The Morgan fingerprint density at radius 1 is 0.893 bits per heavy atom. The highest BCUT2D eigenvalue weighted by atomic mass is 32.2. The van der Waals surface area contributed by atoms with E-state index in [1.807, 2.05) is 20.8 Å². The molecule has 0 aliphatic carbocycles. The van der Waals surface area contributed by atoms with Gasteiger partial charge in [0, 0.05) is 5.54 Å². The number of rotatable bonds is 6. The van der Waals surface area contributed by atoms with E-state index >= 15 is 0 Å². The fraction of sp³-hybridized carbons (Fsp3) is 0.333. The molecular formula is C21H26N2O4S. The molecule has 0 saturated carbocycles. The SMILES string of the molecule is CCCS(=O)(=O)c1ccccc1C(=O)Nc1ccccc1C(=O)NC(C)(C)C. The Bertz CT molecular complexity index is 976. The molecule has 0 aromatic heterocycles. The molecule has 0 heterocycles. The maximum absolute atomic E-state index is 12.8. The molecule has 0 bridgehead atoms. The van der Waals surface area contributed by atoms with Crippen LogP contribution in [0.25, 0.3) is 0 Å². The standard InChI is InChI=1S/C21H26N2O4S/c1-5-14-28(26,27)18-13-9-7-11-16(18)19(24)22-17-12-8-6-10-15(17)20(25)23-21(2,3)4/h6-13H,5,14H2,1-4H3,(H,22,24)(H,23,25). The molecule has 150 valence electrons. The number of hydrogen-bond donors (Lipinski definition) is 2. The topological polar surface area (TPSA) is 92.3 Å². The predicted octanol–water partition coefficient (Wildman–Crippen LogP) is 3.65. The highest BCUT2D eigenvalue weighted by Gasteiger charge is 2.23. The van der Waals surface area contributed by atoms with Crippen LogP contribution >= 0.6 is 0 Å². The number of hydrogen-bond acceptors (Lipinski definition) is 4. The first-order valence-electron chi connectivity index (χ1n) is 9.10. The van der Waals surface area contributed by atoms with Gasteiger partial charge in [0.1, 0.15) is 0 Å². The van der Waals surface area contributed by atoms with Crippen LogP contribution in [-0.2, 0) is 9.84 Å². The van der Waals surface area contributed by atoms with E-state index in [4.69, 9.17) is 0 Å². The summed E-state index contributed by atoms with van der Waals surface area (Å²) in [4.78, 5) is 25.4. The molecule has 28 heavy (non-hydrogen) atoms. The average Bonchev–Trinajstić information content (AvgIpc) is 2.60. The molecule has 6 nitrogen and oxygen atoms in total. The quantitative estimate of drug-likeness (QED) is 0.771. The molecule has 0 saturated heterocycles. The first-order valence-corrected chi connectivity index (χ1v) is 10.7. The van der Waals surface area contributed by atoms with E-state index in [0.717, 1.165) is 0 Å². The average molecular weight is 403 g/mol. The monoisotopic (exact) mass is 402 g/mol. The molecule has 7 heteroatoms. The van der Waals surface area contributed by atoms with E-state index in [1.54, 1.807) is 43.3 Å². The van der Waals surface area contributed by atoms with E-state index in [1.165, 1.54) is 12.1 Å². The lowest BCUT2D eigenvalue weighted by molar-refractivity contribution is 0.0920. The summed E-state index contributed by atoms with van der Waals surface area (Å²) in [5.41, 5.74) is 0.244. The van der Waals surface area contributed by atoms with Crippen LogP contribution in [0.4, 0.5) is 5.69 Å². The second-order valence-corrected chi connectivity index (χ2v) is 9.60.